The Balaban J connectivity index is 0.00000580. The molecular formula is C50H64O4. The van der Waals surface area contributed by atoms with Crippen LogP contribution >= 0.6 is 0 Å². The third kappa shape index (κ3) is 11.0. The summed E-state index contributed by atoms with van der Waals surface area (Å²) in [5.74, 6) is 1.94. The van der Waals surface area contributed by atoms with E-state index in [1.54, 1.807) is 0 Å². The van der Waals surface area contributed by atoms with Gasteiger partial charge in [0, 0.05) is 1.43 Å². The van der Waals surface area contributed by atoms with Crippen LogP contribution < -0.4 is 0 Å². The van der Waals surface area contributed by atoms with Crippen LogP contribution in [0.3, 0.4) is 0 Å². The van der Waals surface area contributed by atoms with Crippen LogP contribution in [0.25, 0.3) is 0 Å². The zero-order chi connectivity index (χ0) is 37.5. The van der Waals surface area contributed by atoms with E-state index in [4.69, 9.17) is 9.47 Å². The van der Waals surface area contributed by atoms with Gasteiger partial charge in [0.1, 0.15) is 0 Å². The van der Waals surface area contributed by atoms with E-state index < -0.39 is 24.1 Å². The van der Waals surface area contributed by atoms with Crippen molar-refractivity contribution in [2.24, 2.45) is 11.8 Å². The van der Waals surface area contributed by atoms with Crippen molar-refractivity contribution in [1.82, 2.24) is 0 Å². The Morgan fingerprint density at radius 2 is 0.852 bits per heavy atom. The van der Waals surface area contributed by atoms with Crippen molar-refractivity contribution in [3.05, 3.63) is 143 Å². The first-order chi connectivity index (χ1) is 26.5. The fourth-order valence-electron chi connectivity index (χ4n) is 8.98. The van der Waals surface area contributed by atoms with E-state index in [1.807, 2.05) is 84.9 Å². The molecular weight excluding hydrogens is 665 g/mol. The van der Waals surface area contributed by atoms with Crippen LogP contribution in [0.15, 0.2) is 109 Å². The molecule has 0 unspecified atom stereocenters. The van der Waals surface area contributed by atoms with Gasteiger partial charge >= 0.3 is 11.9 Å². The van der Waals surface area contributed by atoms with Crippen molar-refractivity contribution in [2.75, 3.05) is 0 Å². The molecule has 0 N–H and O–H groups in total. The molecule has 2 aliphatic carbocycles. The number of carbonyl (C=O) groups excluding carboxylic acids is 2. The Morgan fingerprint density at radius 1 is 0.500 bits per heavy atom. The van der Waals surface area contributed by atoms with E-state index in [0.29, 0.717) is 23.0 Å². The summed E-state index contributed by atoms with van der Waals surface area (Å²) in [6, 6.07) is 35.3. The van der Waals surface area contributed by atoms with E-state index in [1.165, 1.54) is 114 Å². The van der Waals surface area contributed by atoms with E-state index in [2.05, 4.69) is 38.1 Å². The number of ether oxygens (including phenoxy) is 2. The smallest absolute Gasteiger partial charge is 0.338 e. The highest BCUT2D eigenvalue weighted by molar-refractivity contribution is 5.90. The topological polar surface area (TPSA) is 52.6 Å². The average Bonchev–Trinajstić information content (AvgIpc) is 3.23. The summed E-state index contributed by atoms with van der Waals surface area (Å²) in [6.45, 7) is 4.55. The zero-order valence-electron chi connectivity index (χ0n) is 32.8. The van der Waals surface area contributed by atoms with Crippen LogP contribution in [-0.4, -0.2) is 11.9 Å². The van der Waals surface area contributed by atoms with Crippen LogP contribution in [0.5, 0.6) is 0 Å². The van der Waals surface area contributed by atoms with E-state index in [9.17, 15) is 9.59 Å². The highest BCUT2D eigenvalue weighted by Crippen LogP contribution is 2.40. The van der Waals surface area contributed by atoms with Gasteiger partial charge in [-0.05, 0) is 122 Å². The first-order valence-electron chi connectivity index (χ1n) is 21.2. The third-order valence-electron chi connectivity index (χ3n) is 12.4. The maximum atomic E-state index is 13.9. The minimum atomic E-state index is -0.848. The van der Waals surface area contributed by atoms with Crippen molar-refractivity contribution >= 4 is 11.9 Å². The summed E-state index contributed by atoms with van der Waals surface area (Å²) in [5.41, 5.74) is 5.12. The quantitative estimate of drug-likeness (QED) is 0.0802. The largest absolute Gasteiger partial charge is 0.450 e. The van der Waals surface area contributed by atoms with Crippen LogP contribution in [0.1, 0.15) is 185 Å². The molecule has 54 heavy (non-hydrogen) atoms. The molecule has 0 saturated heterocycles. The first-order valence-corrected chi connectivity index (χ1v) is 21.2. The van der Waals surface area contributed by atoms with Gasteiger partial charge in [-0.2, -0.15) is 0 Å². The van der Waals surface area contributed by atoms with Crippen molar-refractivity contribution in [2.45, 2.75) is 141 Å². The summed E-state index contributed by atoms with van der Waals surface area (Å²) in [4.78, 5) is 27.8. The number of rotatable bonds is 17. The van der Waals surface area contributed by atoms with Crippen LogP contribution in [0.4, 0.5) is 0 Å². The monoisotopic (exact) mass is 729 g/mol. The molecule has 2 aliphatic rings. The highest BCUT2D eigenvalue weighted by atomic mass is 16.6. The summed E-state index contributed by atoms with van der Waals surface area (Å²) < 4.78 is 12.7. The molecule has 0 amide bonds. The third-order valence-corrected chi connectivity index (χ3v) is 12.4. The Labute approximate surface area is 326 Å². The lowest BCUT2D eigenvalue weighted by molar-refractivity contribution is -0.0388. The number of hydrogen-bond acceptors (Lipinski definition) is 4. The zero-order valence-corrected chi connectivity index (χ0v) is 32.8. The Kier molecular flexibility index (Phi) is 15.0. The maximum Gasteiger partial charge on any atom is 0.338 e. The summed E-state index contributed by atoms with van der Waals surface area (Å²) >= 11 is 0. The summed E-state index contributed by atoms with van der Waals surface area (Å²) in [6.07, 6.45) is 19.0. The van der Waals surface area contributed by atoms with Crippen LogP contribution in [0, 0.1) is 11.8 Å². The number of esters is 2. The van der Waals surface area contributed by atoms with Gasteiger partial charge in [0.2, 0.25) is 0 Å². The first kappa shape index (κ1) is 39.5. The lowest BCUT2D eigenvalue weighted by atomic mass is 9.77. The molecule has 4 heteroatoms. The second-order valence-electron chi connectivity index (χ2n) is 16.1. The standard InChI is InChI=1S/C50H62O4.H2/c1-3-5-9-15-37-21-25-39(26-22-37)41-29-33-45(34-30-41)49(51)53-47(43-17-11-7-12-18-43)48(44-19-13-8-14-20-44)54-50(52)46-35-31-42(32-36-46)40-27-23-38(24-28-40)16-10-6-4-2;/h7-8,11-14,17-20,29-40,47-48H,3-6,9-10,15-16,21-28H2,1-2H3;1H/t37?,38?,39?,40?,47-,48-;/m0./s1/i;1+1. The summed E-state index contributed by atoms with van der Waals surface area (Å²) in [7, 11) is 0. The molecule has 0 radical (unpaired) electrons. The van der Waals surface area contributed by atoms with Gasteiger partial charge in [0.25, 0.3) is 0 Å². The molecule has 0 spiro atoms. The van der Waals surface area contributed by atoms with Crippen LogP contribution in [0.2, 0.25) is 0 Å². The lowest BCUT2D eigenvalue weighted by Gasteiger charge is -2.29. The van der Waals surface area contributed by atoms with Crippen molar-refractivity contribution in [1.29, 1.82) is 0 Å². The Morgan fingerprint density at radius 3 is 1.19 bits per heavy atom. The highest BCUT2D eigenvalue weighted by Gasteiger charge is 2.33. The van der Waals surface area contributed by atoms with Crippen LogP contribution in [-0.2, 0) is 9.47 Å². The Hall–Kier alpha value is -4.18. The van der Waals surface area contributed by atoms with Gasteiger partial charge in [-0.15, -0.1) is 0 Å². The van der Waals surface area contributed by atoms with Gasteiger partial charge < -0.3 is 9.47 Å². The van der Waals surface area contributed by atoms with Crippen molar-refractivity contribution in [3.8, 4) is 0 Å². The van der Waals surface area contributed by atoms with Crippen molar-refractivity contribution < 1.29 is 20.5 Å². The normalized spacial score (nSPS) is 21.1. The van der Waals surface area contributed by atoms with Crippen molar-refractivity contribution in [3.63, 3.8) is 0 Å². The van der Waals surface area contributed by atoms with E-state index in [0.717, 1.165) is 23.0 Å². The molecule has 288 valence electrons. The van der Waals surface area contributed by atoms with Gasteiger partial charge in [-0.3, -0.25) is 0 Å². The number of unbranched alkanes of at least 4 members (excludes halogenated alkanes) is 4. The fourth-order valence-corrected chi connectivity index (χ4v) is 8.98. The molecule has 4 aromatic carbocycles. The maximum absolute atomic E-state index is 13.9. The summed E-state index contributed by atoms with van der Waals surface area (Å²) in [5, 5.41) is 0. The van der Waals surface area contributed by atoms with Gasteiger partial charge in [-0.1, -0.05) is 150 Å². The molecule has 4 aromatic rings. The predicted molar refractivity (Wildman–Crippen MR) is 222 cm³/mol. The van der Waals surface area contributed by atoms with Gasteiger partial charge in [0.15, 0.2) is 12.2 Å². The molecule has 4 nitrogen and oxygen atoms in total. The molecule has 2 saturated carbocycles. The van der Waals surface area contributed by atoms with E-state index >= 15 is 0 Å². The minimum absolute atomic E-state index is 0. The van der Waals surface area contributed by atoms with Gasteiger partial charge in [0.05, 0.1) is 11.1 Å². The number of benzene rings is 4. The predicted octanol–water partition coefficient (Wildman–Crippen LogP) is 14.1. The average molecular weight is 730 g/mol. The molecule has 0 aromatic heterocycles. The van der Waals surface area contributed by atoms with E-state index in [-0.39, 0.29) is 1.43 Å². The minimum Gasteiger partial charge on any atom is -0.450 e. The SMILES string of the molecule is CCCCCC1CCC(c2ccc(C(=O)O[C@@H](c3ccccc3)[C@@H](OC(=O)c3ccc(C4CCC(CCCCC)CC4)cc3)c3ccccc3)cc2)CC1.[2HH]. The molecule has 0 bridgehead atoms. The lowest BCUT2D eigenvalue weighted by Crippen LogP contribution is -2.23. The second kappa shape index (κ2) is 20.5. The fraction of sp³-hybridized carbons (Fsp3) is 0.480. The molecule has 2 atom stereocenters. The molecule has 6 rings (SSSR count). The second-order valence-corrected chi connectivity index (χ2v) is 16.1. The Bertz CT molecular complexity index is 1560. The molecule has 0 aliphatic heterocycles. The molecule has 0 heterocycles. The molecule has 2 fully saturated rings. The number of hydrogen-bond donors (Lipinski definition) is 0. The number of carbonyl (C=O) groups is 2. The van der Waals surface area contributed by atoms with Gasteiger partial charge in [-0.25, -0.2) is 9.59 Å².